The molecule has 0 spiro atoms. The summed E-state index contributed by atoms with van der Waals surface area (Å²) in [6.45, 7) is 3.91. The van der Waals surface area contributed by atoms with Gasteiger partial charge in [0.2, 0.25) is 0 Å². The minimum Gasteiger partial charge on any atom is -0.462 e. The van der Waals surface area contributed by atoms with Crippen molar-refractivity contribution in [2.75, 3.05) is 20.3 Å². The van der Waals surface area contributed by atoms with E-state index < -0.39 is 26.5 Å². The number of allylic oxidation sites excluding steroid dienone is 6. The molecule has 9 heteroatoms. The molecule has 0 fully saturated rings. The summed E-state index contributed by atoms with van der Waals surface area (Å²) in [5.41, 5.74) is 0. The maximum Gasteiger partial charge on any atom is 0.472 e. The van der Waals surface area contributed by atoms with Gasteiger partial charge >= 0.3 is 19.8 Å². The number of carbonyl (C=O) groups is 2. The molecule has 8 nitrogen and oxygen atoms in total. The zero-order valence-corrected chi connectivity index (χ0v) is 42.4. The summed E-state index contributed by atoms with van der Waals surface area (Å²) in [7, 11) is -3.20. The van der Waals surface area contributed by atoms with Gasteiger partial charge in [0.15, 0.2) is 6.10 Å². The first-order valence-corrected chi connectivity index (χ1v) is 28.2. The molecule has 2 atom stereocenters. The van der Waals surface area contributed by atoms with Crippen LogP contribution in [0.25, 0.3) is 0 Å². The first-order chi connectivity index (χ1) is 30.8. The van der Waals surface area contributed by atoms with Crippen LogP contribution in [0.5, 0.6) is 0 Å². The first kappa shape index (κ1) is 61.3. The number of esters is 2. The molecule has 0 saturated carbocycles. The number of phosphoric acid groups is 1. The molecular formula is C54H101O8P. The minimum atomic E-state index is -4.27. The Hall–Kier alpha value is -1.73. The van der Waals surface area contributed by atoms with Crippen LogP contribution in [0.15, 0.2) is 36.5 Å². The Labute approximate surface area is 389 Å². The summed E-state index contributed by atoms with van der Waals surface area (Å²) in [6, 6.07) is 0. The van der Waals surface area contributed by atoms with Crippen LogP contribution in [-0.4, -0.2) is 43.3 Å². The van der Waals surface area contributed by atoms with Crippen molar-refractivity contribution in [3.05, 3.63) is 36.5 Å². The SMILES string of the molecule is CCCCCCC/C=C\C/C=C\CCCCCCCCCCCC(=O)OC(COC(=O)CCCCCCCCCCCCC/C=C\CCCCCCCCCC)COP(=O)(O)OC. The second-order valence-electron chi connectivity index (χ2n) is 18.0. The molecule has 0 aliphatic rings. The molecule has 0 aromatic rings. The van der Waals surface area contributed by atoms with E-state index in [4.69, 9.17) is 14.0 Å². The average molecular weight is 909 g/mol. The minimum absolute atomic E-state index is 0.225. The topological polar surface area (TPSA) is 108 Å². The van der Waals surface area contributed by atoms with Crippen LogP contribution in [-0.2, 0) is 32.7 Å². The molecule has 0 rings (SSSR count). The Morgan fingerprint density at radius 2 is 0.762 bits per heavy atom. The van der Waals surface area contributed by atoms with Crippen LogP contribution in [0, 0.1) is 0 Å². The maximum absolute atomic E-state index is 12.6. The fourth-order valence-electron chi connectivity index (χ4n) is 7.74. The third-order valence-corrected chi connectivity index (χ3v) is 12.8. The average Bonchev–Trinajstić information content (AvgIpc) is 3.28. The lowest BCUT2D eigenvalue weighted by atomic mass is 10.0. The van der Waals surface area contributed by atoms with Crippen LogP contribution in [0.3, 0.4) is 0 Å². The molecule has 0 aliphatic heterocycles. The van der Waals surface area contributed by atoms with Gasteiger partial charge in [0.05, 0.1) is 6.61 Å². The van der Waals surface area contributed by atoms with Gasteiger partial charge in [-0.05, 0) is 70.6 Å². The number of carbonyl (C=O) groups excluding carboxylic acids is 2. The first-order valence-electron chi connectivity index (χ1n) is 26.7. The van der Waals surface area contributed by atoms with Gasteiger partial charge in [0, 0.05) is 20.0 Å². The summed E-state index contributed by atoms with van der Waals surface area (Å²) in [5.74, 6) is -0.798. The predicted molar refractivity (Wildman–Crippen MR) is 267 cm³/mol. The molecule has 0 heterocycles. The summed E-state index contributed by atoms with van der Waals surface area (Å²) in [6.07, 6.45) is 60.7. The van der Waals surface area contributed by atoms with Crippen molar-refractivity contribution in [3.63, 3.8) is 0 Å². The molecule has 0 aromatic heterocycles. The molecule has 0 aromatic carbocycles. The predicted octanol–water partition coefficient (Wildman–Crippen LogP) is 17.5. The van der Waals surface area contributed by atoms with Gasteiger partial charge in [-0.15, -0.1) is 0 Å². The van der Waals surface area contributed by atoms with Crippen molar-refractivity contribution >= 4 is 19.8 Å². The number of hydrogen-bond acceptors (Lipinski definition) is 7. The molecular weight excluding hydrogens is 808 g/mol. The van der Waals surface area contributed by atoms with Crippen LogP contribution in [0.2, 0.25) is 0 Å². The third kappa shape index (κ3) is 49.5. The van der Waals surface area contributed by atoms with E-state index in [1.807, 2.05) is 0 Å². The summed E-state index contributed by atoms with van der Waals surface area (Å²) >= 11 is 0. The Morgan fingerprint density at radius 1 is 0.444 bits per heavy atom. The normalized spacial score (nSPS) is 13.4. The van der Waals surface area contributed by atoms with Gasteiger partial charge in [0.25, 0.3) is 0 Å². The zero-order valence-electron chi connectivity index (χ0n) is 41.5. The Morgan fingerprint density at radius 3 is 1.13 bits per heavy atom. The van der Waals surface area contributed by atoms with Gasteiger partial charge in [-0.1, -0.05) is 224 Å². The van der Waals surface area contributed by atoms with Gasteiger partial charge in [-0.3, -0.25) is 18.6 Å². The number of ether oxygens (including phenoxy) is 2. The number of unbranched alkanes of at least 4 members (excludes halogenated alkanes) is 33. The number of phosphoric ester groups is 1. The monoisotopic (exact) mass is 909 g/mol. The van der Waals surface area contributed by atoms with Crippen molar-refractivity contribution in [1.82, 2.24) is 0 Å². The van der Waals surface area contributed by atoms with Gasteiger partial charge < -0.3 is 14.4 Å². The Balaban J connectivity index is 3.87. The molecule has 1 N–H and O–H groups in total. The highest BCUT2D eigenvalue weighted by molar-refractivity contribution is 7.47. The smallest absolute Gasteiger partial charge is 0.462 e. The van der Waals surface area contributed by atoms with Gasteiger partial charge in [-0.25, -0.2) is 4.57 Å². The van der Waals surface area contributed by atoms with E-state index in [2.05, 4.69) is 54.8 Å². The van der Waals surface area contributed by atoms with Crippen LogP contribution in [0.4, 0.5) is 0 Å². The molecule has 0 amide bonds. The summed E-state index contributed by atoms with van der Waals surface area (Å²) < 4.78 is 32.2. The van der Waals surface area contributed by atoms with E-state index in [0.29, 0.717) is 12.8 Å². The quantitative estimate of drug-likeness (QED) is 0.0278. The standard InChI is InChI=1S/C54H101O8P/c1-4-6-8-10-12-14-16-18-20-22-24-26-27-29-30-32-34-36-38-40-42-44-46-48-53(55)60-50-52(51-61-63(57,58)59-3)62-54(56)49-47-45-43-41-39-37-35-33-31-28-25-23-21-19-17-15-13-11-9-7-5-2/h17,19,22-25,52H,4-16,18,20-21,26-51H2,1-3H3,(H,57,58)/b19-17-,24-22-,25-23-. The van der Waals surface area contributed by atoms with E-state index >= 15 is 0 Å². The molecule has 370 valence electrons. The van der Waals surface area contributed by atoms with E-state index in [0.717, 1.165) is 52.1 Å². The van der Waals surface area contributed by atoms with E-state index in [-0.39, 0.29) is 19.0 Å². The lowest BCUT2D eigenvalue weighted by molar-refractivity contribution is -0.161. The van der Waals surface area contributed by atoms with Crippen molar-refractivity contribution in [2.24, 2.45) is 0 Å². The van der Waals surface area contributed by atoms with Gasteiger partial charge in [0.1, 0.15) is 6.61 Å². The van der Waals surface area contributed by atoms with E-state index in [1.54, 1.807) is 0 Å². The van der Waals surface area contributed by atoms with Gasteiger partial charge in [-0.2, -0.15) is 0 Å². The third-order valence-electron chi connectivity index (χ3n) is 11.9. The van der Waals surface area contributed by atoms with E-state index in [1.165, 1.54) is 193 Å². The largest absolute Gasteiger partial charge is 0.472 e. The Bertz CT molecular complexity index is 1120. The Kier molecular flexibility index (Phi) is 48.3. The van der Waals surface area contributed by atoms with Crippen molar-refractivity contribution < 1.29 is 37.6 Å². The molecule has 63 heavy (non-hydrogen) atoms. The van der Waals surface area contributed by atoms with Crippen molar-refractivity contribution in [1.29, 1.82) is 0 Å². The fourth-order valence-corrected chi connectivity index (χ4v) is 8.20. The molecule has 0 aliphatic carbocycles. The van der Waals surface area contributed by atoms with Crippen LogP contribution < -0.4 is 0 Å². The lowest BCUT2D eigenvalue weighted by Crippen LogP contribution is -2.29. The second kappa shape index (κ2) is 49.7. The summed E-state index contributed by atoms with van der Waals surface area (Å²) in [4.78, 5) is 34.7. The molecule has 0 radical (unpaired) electrons. The highest BCUT2D eigenvalue weighted by Crippen LogP contribution is 2.42. The van der Waals surface area contributed by atoms with Crippen molar-refractivity contribution in [2.45, 2.75) is 277 Å². The van der Waals surface area contributed by atoms with E-state index in [9.17, 15) is 19.0 Å². The highest BCUT2D eigenvalue weighted by atomic mass is 31.2. The number of hydrogen-bond donors (Lipinski definition) is 1. The molecule has 2 unspecified atom stereocenters. The van der Waals surface area contributed by atoms with Crippen LogP contribution in [0.1, 0.15) is 271 Å². The lowest BCUT2D eigenvalue weighted by Gasteiger charge is -2.19. The van der Waals surface area contributed by atoms with Crippen molar-refractivity contribution in [3.8, 4) is 0 Å². The zero-order chi connectivity index (χ0) is 46.0. The second-order valence-corrected chi connectivity index (χ2v) is 19.6. The number of rotatable bonds is 50. The summed E-state index contributed by atoms with van der Waals surface area (Å²) in [5, 5.41) is 0. The molecule has 0 bridgehead atoms. The highest BCUT2D eigenvalue weighted by Gasteiger charge is 2.24. The fraction of sp³-hybridized carbons (Fsp3) is 0.852. The van der Waals surface area contributed by atoms with Crippen LogP contribution >= 0.6 is 7.82 Å². The maximum atomic E-state index is 12.6. The molecule has 0 saturated heterocycles.